The Kier molecular flexibility index (Phi) is 4.74. The van der Waals surface area contributed by atoms with Crippen molar-refractivity contribution in [3.8, 4) is 5.75 Å². The molecule has 0 atom stereocenters. The minimum atomic E-state index is -0.807. The van der Waals surface area contributed by atoms with E-state index in [-0.39, 0.29) is 12.4 Å². The number of halogens is 1. The second-order valence-electron chi connectivity index (χ2n) is 3.92. The molecule has 0 aliphatic heterocycles. The molecule has 0 bridgehead atoms. The third-order valence-corrected chi connectivity index (χ3v) is 2.70. The number of rotatable bonds is 4. The number of hydrogen-bond donors (Lipinski definition) is 0. The highest BCUT2D eigenvalue weighted by Crippen LogP contribution is 2.14. The SMILES string of the molecule is O=C(OCc1ccccc1)Oc1ccc(C(=O)Cl)cc1. The van der Waals surface area contributed by atoms with E-state index in [2.05, 4.69) is 0 Å². The van der Waals surface area contributed by atoms with Gasteiger partial charge in [-0.25, -0.2) is 4.79 Å². The normalized spacial score (nSPS) is 9.85. The molecule has 0 spiro atoms. The average molecular weight is 291 g/mol. The van der Waals surface area contributed by atoms with Gasteiger partial charge in [0.15, 0.2) is 0 Å². The third-order valence-electron chi connectivity index (χ3n) is 2.48. The Balaban J connectivity index is 1.86. The molecule has 0 aliphatic rings. The van der Waals surface area contributed by atoms with Crippen LogP contribution < -0.4 is 4.74 Å². The van der Waals surface area contributed by atoms with Gasteiger partial charge in [-0.1, -0.05) is 30.3 Å². The van der Waals surface area contributed by atoms with E-state index in [9.17, 15) is 9.59 Å². The summed E-state index contributed by atoms with van der Waals surface area (Å²) < 4.78 is 9.91. The molecule has 102 valence electrons. The van der Waals surface area contributed by atoms with Crippen molar-refractivity contribution in [2.75, 3.05) is 0 Å². The summed E-state index contributed by atoms with van der Waals surface area (Å²) in [6, 6.07) is 15.1. The Bertz CT molecular complexity index is 593. The van der Waals surface area contributed by atoms with Gasteiger partial charge in [0.2, 0.25) is 0 Å². The zero-order chi connectivity index (χ0) is 14.4. The largest absolute Gasteiger partial charge is 0.514 e. The van der Waals surface area contributed by atoms with Gasteiger partial charge in [-0.3, -0.25) is 4.79 Å². The fourth-order valence-corrected chi connectivity index (χ4v) is 1.62. The number of carbonyl (C=O) groups excluding carboxylic acids is 2. The van der Waals surface area contributed by atoms with Crippen molar-refractivity contribution >= 4 is 23.0 Å². The zero-order valence-electron chi connectivity index (χ0n) is 10.4. The summed E-state index contributed by atoms with van der Waals surface area (Å²) in [7, 11) is 0. The number of carbonyl (C=O) groups is 2. The summed E-state index contributed by atoms with van der Waals surface area (Å²) in [6.45, 7) is 0.137. The van der Waals surface area contributed by atoms with Crippen LogP contribution in [0.3, 0.4) is 0 Å². The molecule has 2 rings (SSSR count). The van der Waals surface area contributed by atoms with Crippen LogP contribution in [0.2, 0.25) is 0 Å². The summed E-state index contributed by atoms with van der Waals surface area (Å²) >= 11 is 5.31. The Morgan fingerprint density at radius 3 is 2.20 bits per heavy atom. The lowest BCUT2D eigenvalue weighted by Crippen LogP contribution is -2.10. The van der Waals surface area contributed by atoms with Gasteiger partial charge < -0.3 is 9.47 Å². The maximum atomic E-state index is 11.5. The molecule has 0 amide bonds. The average Bonchev–Trinajstić information content (AvgIpc) is 2.47. The van der Waals surface area contributed by atoms with E-state index in [1.54, 1.807) is 0 Å². The van der Waals surface area contributed by atoms with Crippen LogP contribution in [0.15, 0.2) is 54.6 Å². The highest BCUT2D eigenvalue weighted by Gasteiger charge is 2.07. The molecule has 0 saturated carbocycles. The molecule has 2 aromatic rings. The van der Waals surface area contributed by atoms with E-state index in [0.717, 1.165) is 5.56 Å². The first-order valence-corrected chi connectivity index (χ1v) is 6.21. The molecule has 0 N–H and O–H groups in total. The molecule has 0 heterocycles. The van der Waals surface area contributed by atoms with E-state index in [4.69, 9.17) is 21.1 Å². The fourth-order valence-electron chi connectivity index (χ4n) is 1.50. The van der Waals surface area contributed by atoms with Crippen molar-refractivity contribution in [1.29, 1.82) is 0 Å². The molecular weight excluding hydrogens is 280 g/mol. The molecule has 0 aliphatic carbocycles. The highest BCUT2D eigenvalue weighted by molar-refractivity contribution is 6.67. The minimum Gasteiger partial charge on any atom is -0.429 e. The molecule has 4 nitrogen and oxygen atoms in total. The van der Waals surface area contributed by atoms with Crippen LogP contribution in [-0.4, -0.2) is 11.4 Å². The van der Waals surface area contributed by atoms with Gasteiger partial charge in [-0.2, -0.15) is 0 Å². The molecule has 0 unspecified atom stereocenters. The summed E-state index contributed by atoms with van der Waals surface area (Å²) in [5, 5.41) is -0.566. The van der Waals surface area contributed by atoms with E-state index in [1.165, 1.54) is 24.3 Å². The first-order valence-electron chi connectivity index (χ1n) is 5.83. The van der Waals surface area contributed by atoms with E-state index in [0.29, 0.717) is 5.56 Å². The lowest BCUT2D eigenvalue weighted by atomic mass is 10.2. The zero-order valence-corrected chi connectivity index (χ0v) is 11.2. The minimum absolute atomic E-state index is 0.137. The third kappa shape index (κ3) is 4.10. The lowest BCUT2D eigenvalue weighted by Gasteiger charge is -2.06. The van der Waals surface area contributed by atoms with Crippen LogP contribution >= 0.6 is 11.6 Å². The smallest absolute Gasteiger partial charge is 0.429 e. The van der Waals surface area contributed by atoms with Gasteiger partial charge in [0.1, 0.15) is 12.4 Å². The monoisotopic (exact) mass is 290 g/mol. The van der Waals surface area contributed by atoms with Crippen LogP contribution in [0.25, 0.3) is 0 Å². The van der Waals surface area contributed by atoms with Crippen molar-refractivity contribution in [3.63, 3.8) is 0 Å². The number of ether oxygens (including phenoxy) is 2. The molecule has 0 radical (unpaired) electrons. The number of hydrogen-bond acceptors (Lipinski definition) is 4. The fraction of sp³-hybridized carbons (Fsp3) is 0.0667. The first-order chi connectivity index (χ1) is 9.65. The second-order valence-corrected chi connectivity index (χ2v) is 4.27. The van der Waals surface area contributed by atoms with Crippen LogP contribution in [0.5, 0.6) is 5.75 Å². The van der Waals surface area contributed by atoms with Crippen molar-refractivity contribution in [1.82, 2.24) is 0 Å². The lowest BCUT2D eigenvalue weighted by molar-refractivity contribution is 0.0928. The Morgan fingerprint density at radius 1 is 0.950 bits per heavy atom. The quantitative estimate of drug-likeness (QED) is 0.488. The van der Waals surface area contributed by atoms with E-state index < -0.39 is 11.4 Å². The molecule has 2 aromatic carbocycles. The molecular formula is C15H11ClO4. The Morgan fingerprint density at radius 2 is 1.60 bits per heavy atom. The summed E-state index contributed by atoms with van der Waals surface area (Å²) in [5.41, 5.74) is 1.20. The molecule has 5 heteroatoms. The topological polar surface area (TPSA) is 52.6 Å². The van der Waals surface area contributed by atoms with Gasteiger partial charge in [0.25, 0.3) is 5.24 Å². The molecule has 0 aromatic heterocycles. The summed E-state index contributed by atoms with van der Waals surface area (Å²) in [4.78, 5) is 22.3. The van der Waals surface area contributed by atoms with E-state index >= 15 is 0 Å². The second kappa shape index (κ2) is 6.73. The molecule has 20 heavy (non-hydrogen) atoms. The van der Waals surface area contributed by atoms with Gasteiger partial charge in [-0.15, -0.1) is 0 Å². The van der Waals surface area contributed by atoms with Crippen LogP contribution in [0.4, 0.5) is 4.79 Å². The molecule has 0 saturated heterocycles. The number of benzene rings is 2. The van der Waals surface area contributed by atoms with Gasteiger partial charge in [0, 0.05) is 5.56 Å². The Hall–Kier alpha value is -2.33. The summed E-state index contributed by atoms with van der Waals surface area (Å²) in [6.07, 6.45) is -0.807. The summed E-state index contributed by atoms with van der Waals surface area (Å²) in [5.74, 6) is 0.282. The van der Waals surface area contributed by atoms with Crippen molar-refractivity contribution < 1.29 is 19.1 Å². The van der Waals surface area contributed by atoms with Gasteiger partial charge >= 0.3 is 6.16 Å². The van der Waals surface area contributed by atoms with Crippen LogP contribution in [0.1, 0.15) is 15.9 Å². The van der Waals surface area contributed by atoms with Gasteiger partial charge in [-0.05, 0) is 41.4 Å². The van der Waals surface area contributed by atoms with Crippen LogP contribution in [0, 0.1) is 0 Å². The van der Waals surface area contributed by atoms with Crippen LogP contribution in [-0.2, 0) is 11.3 Å². The Labute approximate surface area is 120 Å². The van der Waals surface area contributed by atoms with E-state index in [1.807, 2.05) is 30.3 Å². The van der Waals surface area contributed by atoms with Gasteiger partial charge in [0.05, 0.1) is 0 Å². The maximum Gasteiger partial charge on any atom is 0.514 e. The predicted molar refractivity (Wildman–Crippen MR) is 73.9 cm³/mol. The first kappa shape index (κ1) is 14.1. The standard InChI is InChI=1S/C15H11ClO4/c16-14(17)12-6-8-13(9-7-12)20-15(18)19-10-11-4-2-1-3-5-11/h1-9H,10H2. The predicted octanol–water partition coefficient (Wildman–Crippen LogP) is 3.78. The molecule has 0 fully saturated rings. The van der Waals surface area contributed by atoms with Crippen molar-refractivity contribution in [2.24, 2.45) is 0 Å². The van der Waals surface area contributed by atoms with Crippen molar-refractivity contribution in [2.45, 2.75) is 6.61 Å². The maximum absolute atomic E-state index is 11.5. The highest BCUT2D eigenvalue weighted by atomic mass is 35.5. The van der Waals surface area contributed by atoms with Crippen molar-refractivity contribution in [3.05, 3.63) is 65.7 Å².